The zero-order chi connectivity index (χ0) is 8.55. The van der Waals surface area contributed by atoms with E-state index >= 15 is 0 Å². The first kappa shape index (κ1) is 6.97. The SMILES string of the molecule is O=C(O)c1ccc2n1C=CCN2. The minimum atomic E-state index is -0.908. The standard InChI is InChI=1S/C8H8N2O2/c11-8(12)6-2-3-7-9-4-1-5-10(6)7/h1-3,5,9H,4H2,(H,11,12). The molecule has 62 valence electrons. The van der Waals surface area contributed by atoms with E-state index in [1.807, 2.05) is 6.08 Å². The molecule has 4 heteroatoms. The number of anilines is 1. The summed E-state index contributed by atoms with van der Waals surface area (Å²) in [5, 5.41) is 11.8. The van der Waals surface area contributed by atoms with Crippen LogP contribution in [0.15, 0.2) is 18.2 Å². The van der Waals surface area contributed by atoms with Gasteiger partial charge in [0.25, 0.3) is 0 Å². The fourth-order valence-corrected chi connectivity index (χ4v) is 1.25. The van der Waals surface area contributed by atoms with Crippen LogP contribution in [0.1, 0.15) is 10.5 Å². The van der Waals surface area contributed by atoms with E-state index in [-0.39, 0.29) is 5.69 Å². The molecule has 0 radical (unpaired) electrons. The number of hydrogen-bond donors (Lipinski definition) is 2. The molecule has 2 N–H and O–H groups in total. The van der Waals surface area contributed by atoms with E-state index < -0.39 is 5.97 Å². The highest BCUT2D eigenvalue weighted by atomic mass is 16.4. The number of aromatic carboxylic acids is 1. The molecule has 1 aromatic heterocycles. The molecule has 0 saturated carbocycles. The maximum absolute atomic E-state index is 10.7. The molecule has 0 atom stereocenters. The summed E-state index contributed by atoms with van der Waals surface area (Å²) in [6.07, 6.45) is 3.63. The number of fused-ring (bicyclic) bond motifs is 1. The molecule has 2 heterocycles. The van der Waals surface area contributed by atoms with Crippen molar-refractivity contribution in [3.05, 3.63) is 23.9 Å². The van der Waals surface area contributed by atoms with Crippen LogP contribution in [0.3, 0.4) is 0 Å². The van der Waals surface area contributed by atoms with E-state index in [1.165, 1.54) is 0 Å². The molecule has 12 heavy (non-hydrogen) atoms. The van der Waals surface area contributed by atoms with Crippen LogP contribution >= 0.6 is 0 Å². The highest BCUT2D eigenvalue weighted by molar-refractivity contribution is 5.88. The molecule has 1 aromatic rings. The van der Waals surface area contributed by atoms with Crippen molar-refractivity contribution < 1.29 is 9.90 Å². The predicted octanol–water partition coefficient (Wildman–Crippen LogP) is 1.08. The van der Waals surface area contributed by atoms with E-state index in [1.54, 1.807) is 22.9 Å². The lowest BCUT2D eigenvalue weighted by atomic mass is 10.4. The maximum atomic E-state index is 10.7. The Kier molecular flexibility index (Phi) is 1.40. The van der Waals surface area contributed by atoms with Gasteiger partial charge in [-0.3, -0.25) is 4.57 Å². The van der Waals surface area contributed by atoms with Gasteiger partial charge >= 0.3 is 5.97 Å². The Morgan fingerprint density at radius 1 is 1.58 bits per heavy atom. The van der Waals surface area contributed by atoms with Gasteiger partial charge in [-0.2, -0.15) is 0 Å². The van der Waals surface area contributed by atoms with Crippen molar-refractivity contribution in [1.82, 2.24) is 4.57 Å². The Balaban J connectivity index is 2.54. The molecule has 0 saturated heterocycles. The van der Waals surface area contributed by atoms with Gasteiger partial charge in [-0.25, -0.2) is 4.79 Å². The van der Waals surface area contributed by atoms with Crippen LogP contribution in [0.5, 0.6) is 0 Å². The van der Waals surface area contributed by atoms with Crippen molar-refractivity contribution in [3.8, 4) is 0 Å². The Labute approximate surface area is 69.1 Å². The minimum absolute atomic E-state index is 0.286. The molecule has 1 aliphatic heterocycles. The second kappa shape index (κ2) is 2.41. The summed E-state index contributed by atoms with van der Waals surface area (Å²) < 4.78 is 1.62. The monoisotopic (exact) mass is 164 g/mol. The van der Waals surface area contributed by atoms with Crippen LogP contribution in [0.25, 0.3) is 6.20 Å². The van der Waals surface area contributed by atoms with Crippen molar-refractivity contribution in [3.63, 3.8) is 0 Å². The normalized spacial score (nSPS) is 13.7. The van der Waals surface area contributed by atoms with E-state index in [0.29, 0.717) is 0 Å². The quantitative estimate of drug-likeness (QED) is 0.653. The second-order valence-electron chi connectivity index (χ2n) is 2.54. The summed E-state index contributed by atoms with van der Waals surface area (Å²) in [5.41, 5.74) is 0.286. The molecule has 0 fully saturated rings. The van der Waals surface area contributed by atoms with Crippen molar-refractivity contribution >= 4 is 18.0 Å². The number of carbonyl (C=O) groups is 1. The van der Waals surface area contributed by atoms with Gasteiger partial charge in [0.15, 0.2) is 0 Å². The summed E-state index contributed by atoms with van der Waals surface area (Å²) in [6, 6.07) is 3.34. The van der Waals surface area contributed by atoms with Crippen LogP contribution < -0.4 is 5.32 Å². The molecule has 2 rings (SSSR count). The largest absolute Gasteiger partial charge is 0.477 e. The Morgan fingerprint density at radius 2 is 2.42 bits per heavy atom. The van der Waals surface area contributed by atoms with Crippen LogP contribution in [0, 0.1) is 0 Å². The predicted molar refractivity (Wildman–Crippen MR) is 45.2 cm³/mol. The van der Waals surface area contributed by atoms with Gasteiger partial charge in [0.1, 0.15) is 11.5 Å². The van der Waals surface area contributed by atoms with Gasteiger partial charge < -0.3 is 10.4 Å². The van der Waals surface area contributed by atoms with Crippen molar-refractivity contribution in [2.45, 2.75) is 0 Å². The van der Waals surface area contributed by atoms with Crippen LogP contribution in [0.2, 0.25) is 0 Å². The summed E-state index contributed by atoms with van der Waals surface area (Å²) in [6.45, 7) is 0.753. The first-order valence-corrected chi connectivity index (χ1v) is 3.64. The first-order chi connectivity index (χ1) is 5.79. The highest BCUT2D eigenvalue weighted by Crippen LogP contribution is 2.17. The van der Waals surface area contributed by atoms with E-state index in [2.05, 4.69) is 5.32 Å². The molecule has 0 bridgehead atoms. The zero-order valence-corrected chi connectivity index (χ0v) is 6.32. The average molecular weight is 164 g/mol. The Hall–Kier alpha value is -1.71. The van der Waals surface area contributed by atoms with Gasteiger partial charge in [-0.1, -0.05) is 0 Å². The smallest absolute Gasteiger partial charge is 0.352 e. The Bertz CT molecular complexity index is 352. The number of nitrogens with one attached hydrogen (secondary N) is 1. The molecule has 0 aliphatic carbocycles. The number of carboxylic acids is 1. The summed E-state index contributed by atoms with van der Waals surface area (Å²) >= 11 is 0. The third-order valence-corrected chi connectivity index (χ3v) is 1.79. The van der Waals surface area contributed by atoms with Gasteiger partial charge in [0, 0.05) is 12.7 Å². The van der Waals surface area contributed by atoms with Crippen molar-refractivity contribution in [1.29, 1.82) is 0 Å². The molecule has 0 spiro atoms. The van der Waals surface area contributed by atoms with Crippen molar-refractivity contribution in [2.75, 3.05) is 11.9 Å². The van der Waals surface area contributed by atoms with Gasteiger partial charge in [0.05, 0.1) is 0 Å². The minimum Gasteiger partial charge on any atom is -0.477 e. The lowest BCUT2D eigenvalue weighted by Gasteiger charge is -2.11. The highest BCUT2D eigenvalue weighted by Gasteiger charge is 2.12. The van der Waals surface area contributed by atoms with E-state index in [4.69, 9.17) is 5.11 Å². The number of carboxylic acid groups (broad SMARTS) is 1. The topological polar surface area (TPSA) is 54.3 Å². The van der Waals surface area contributed by atoms with Crippen molar-refractivity contribution in [2.24, 2.45) is 0 Å². The zero-order valence-electron chi connectivity index (χ0n) is 6.32. The fraction of sp³-hybridized carbons (Fsp3) is 0.125. The molecule has 1 aliphatic rings. The lowest BCUT2D eigenvalue weighted by Crippen LogP contribution is -2.11. The van der Waals surface area contributed by atoms with E-state index in [9.17, 15) is 4.79 Å². The van der Waals surface area contributed by atoms with Crippen LogP contribution in [0.4, 0.5) is 5.82 Å². The van der Waals surface area contributed by atoms with Gasteiger partial charge in [0.2, 0.25) is 0 Å². The summed E-state index contributed by atoms with van der Waals surface area (Å²) in [5.74, 6) is -0.0792. The number of rotatable bonds is 1. The number of nitrogens with zero attached hydrogens (tertiary/aromatic N) is 1. The number of aromatic nitrogens is 1. The van der Waals surface area contributed by atoms with Gasteiger partial charge in [-0.15, -0.1) is 0 Å². The van der Waals surface area contributed by atoms with E-state index in [0.717, 1.165) is 12.4 Å². The van der Waals surface area contributed by atoms with Crippen LogP contribution in [-0.4, -0.2) is 22.2 Å². The lowest BCUT2D eigenvalue weighted by molar-refractivity contribution is 0.0689. The van der Waals surface area contributed by atoms with Crippen LogP contribution in [-0.2, 0) is 0 Å². The summed E-state index contributed by atoms with van der Waals surface area (Å²) in [4.78, 5) is 10.7. The third-order valence-electron chi connectivity index (χ3n) is 1.79. The number of hydrogen-bond acceptors (Lipinski definition) is 2. The average Bonchev–Trinajstić information content (AvgIpc) is 2.47. The first-order valence-electron chi connectivity index (χ1n) is 3.64. The fourth-order valence-electron chi connectivity index (χ4n) is 1.25. The molecular weight excluding hydrogens is 156 g/mol. The third kappa shape index (κ3) is 0.887. The Morgan fingerprint density at radius 3 is 3.17 bits per heavy atom. The molecule has 0 aromatic carbocycles. The molecular formula is C8H8N2O2. The molecule has 0 amide bonds. The molecule has 4 nitrogen and oxygen atoms in total. The van der Waals surface area contributed by atoms with Gasteiger partial charge in [-0.05, 0) is 18.2 Å². The maximum Gasteiger partial charge on any atom is 0.352 e. The summed E-state index contributed by atoms with van der Waals surface area (Å²) in [7, 11) is 0. The molecule has 0 unspecified atom stereocenters. The second-order valence-corrected chi connectivity index (χ2v) is 2.54.